The first-order valence-electron chi connectivity index (χ1n) is 6.64. The van der Waals surface area contributed by atoms with Gasteiger partial charge in [0.1, 0.15) is 11.8 Å². The second-order valence-corrected chi connectivity index (χ2v) is 4.88. The first-order valence-corrected chi connectivity index (χ1v) is 6.64. The van der Waals surface area contributed by atoms with Crippen LogP contribution in [0.25, 0.3) is 10.9 Å². The summed E-state index contributed by atoms with van der Waals surface area (Å²) in [6, 6.07) is 4.97. The van der Waals surface area contributed by atoms with E-state index in [1.165, 1.54) is 0 Å². The van der Waals surface area contributed by atoms with Crippen molar-refractivity contribution in [3.05, 3.63) is 29.5 Å². The molecular weight excluding hydrogens is 256 g/mol. The zero-order valence-electron chi connectivity index (χ0n) is 12.0. The van der Waals surface area contributed by atoms with E-state index in [0.717, 1.165) is 27.9 Å². The van der Waals surface area contributed by atoms with Gasteiger partial charge in [-0.05, 0) is 37.6 Å². The number of hydrogen-bond donors (Lipinski definition) is 2. The summed E-state index contributed by atoms with van der Waals surface area (Å²) >= 11 is 0. The summed E-state index contributed by atoms with van der Waals surface area (Å²) in [6.07, 6.45) is 0.314. The normalized spacial score (nSPS) is 12.6. The van der Waals surface area contributed by atoms with Gasteiger partial charge >= 0.3 is 5.97 Å². The molecule has 0 aliphatic carbocycles. The zero-order valence-corrected chi connectivity index (χ0v) is 12.0. The van der Waals surface area contributed by atoms with E-state index in [1.54, 1.807) is 0 Å². The highest BCUT2D eigenvalue weighted by atomic mass is 16.5. The number of fused-ring (bicyclic) bond motifs is 1. The van der Waals surface area contributed by atoms with Gasteiger partial charge in [0, 0.05) is 30.1 Å². The van der Waals surface area contributed by atoms with Crippen molar-refractivity contribution >= 4 is 16.9 Å². The maximum absolute atomic E-state index is 11.0. The van der Waals surface area contributed by atoms with Crippen molar-refractivity contribution in [2.75, 3.05) is 6.61 Å². The molecule has 1 atom stereocenters. The van der Waals surface area contributed by atoms with E-state index in [9.17, 15) is 4.79 Å². The average Bonchev–Trinajstić information content (AvgIpc) is 2.64. The maximum Gasteiger partial charge on any atom is 0.320 e. The first kappa shape index (κ1) is 14.4. The van der Waals surface area contributed by atoms with Gasteiger partial charge in [-0.15, -0.1) is 0 Å². The maximum atomic E-state index is 11.0. The predicted molar refractivity (Wildman–Crippen MR) is 78.1 cm³/mol. The van der Waals surface area contributed by atoms with Crippen molar-refractivity contribution in [2.45, 2.75) is 26.3 Å². The van der Waals surface area contributed by atoms with Crippen LogP contribution in [0.1, 0.15) is 18.2 Å². The van der Waals surface area contributed by atoms with Crippen molar-refractivity contribution in [3.63, 3.8) is 0 Å². The van der Waals surface area contributed by atoms with Crippen LogP contribution < -0.4 is 10.5 Å². The molecule has 0 amide bonds. The molecule has 5 heteroatoms. The zero-order chi connectivity index (χ0) is 14.9. The molecule has 1 unspecified atom stereocenters. The van der Waals surface area contributed by atoms with E-state index >= 15 is 0 Å². The molecule has 0 radical (unpaired) electrons. The molecule has 1 heterocycles. The number of rotatable bonds is 5. The van der Waals surface area contributed by atoms with E-state index < -0.39 is 12.0 Å². The molecule has 0 saturated heterocycles. The average molecular weight is 276 g/mol. The number of carboxylic acid groups (broad SMARTS) is 1. The number of aromatic nitrogens is 1. The smallest absolute Gasteiger partial charge is 0.320 e. The van der Waals surface area contributed by atoms with Gasteiger partial charge in [0.2, 0.25) is 0 Å². The van der Waals surface area contributed by atoms with Gasteiger partial charge in [0.15, 0.2) is 0 Å². The van der Waals surface area contributed by atoms with Gasteiger partial charge in [0.05, 0.1) is 6.61 Å². The molecule has 0 fully saturated rings. The molecule has 0 bridgehead atoms. The Morgan fingerprint density at radius 1 is 1.50 bits per heavy atom. The minimum absolute atomic E-state index is 0.314. The molecule has 20 heavy (non-hydrogen) atoms. The van der Waals surface area contributed by atoms with Gasteiger partial charge in [0.25, 0.3) is 0 Å². The summed E-state index contributed by atoms with van der Waals surface area (Å²) in [5.41, 5.74) is 8.73. The number of ether oxygens (including phenoxy) is 1. The molecule has 3 N–H and O–H groups in total. The number of aliphatic carboxylic acids is 1. The van der Waals surface area contributed by atoms with Crippen LogP contribution in [0.5, 0.6) is 5.75 Å². The molecule has 5 nitrogen and oxygen atoms in total. The quantitative estimate of drug-likeness (QED) is 0.873. The van der Waals surface area contributed by atoms with Crippen LogP contribution in [0.15, 0.2) is 18.2 Å². The van der Waals surface area contributed by atoms with Gasteiger partial charge in [-0.2, -0.15) is 0 Å². The minimum atomic E-state index is -0.984. The number of nitrogens with zero attached hydrogens (tertiary/aromatic N) is 1. The number of carboxylic acids is 1. The fourth-order valence-electron chi connectivity index (χ4n) is 2.45. The molecule has 1 aromatic heterocycles. The summed E-state index contributed by atoms with van der Waals surface area (Å²) in [5.74, 6) is -0.196. The lowest BCUT2D eigenvalue weighted by molar-refractivity contribution is -0.138. The SMILES string of the molecule is CCOc1ccc2c(c1)c(CC(N)C(=O)O)c(C)n2C. The Bertz CT molecular complexity index is 646. The highest BCUT2D eigenvalue weighted by molar-refractivity contribution is 5.87. The third-order valence-corrected chi connectivity index (χ3v) is 3.65. The highest BCUT2D eigenvalue weighted by Crippen LogP contribution is 2.29. The van der Waals surface area contributed by atoms with Crippen molar-refractivity contribution in [1.29, 1.82) is 0 Å². The van der Waals surface area contributed by atoms with Crippen LogP contribution in [0.3, 0.4) is 0 Å². The first-order chi connectivity index (χ1) is 9.45. The lowest BCUT2D eigenvalue weighted by atomic mass is 10.0. The molecule has 1 aromatic carbocycles. The lowest BCUT2D eigenvalue weighted by Gasteiger charge is -2.07. The second-order valence-electron chi connectivity index (χ2n) is 4.88. The molecule has 0 saturated carbocycles. The predicted octanol–water partition coefficient (Wildman–Crippen LogP) is 1.84. The van der Waals surface area contributed by atoms with Crippen LogP contribution in [0.2, 0.25) is 0 Å². The molecule has 2 aromatic rings. The molecule has 108 valence electrons. The van der Waals surface area contributed by atoms with Gasteiger partial charge in [-0.1, -0.05) is 0 Å². The Kier molecular flexibility index (Phi) is 3.99. The van der Waals surface area contributed by atoms with E-state index in [0.29, 0.717) is 13.0 Å². The summed E-state index contributed by atoms with van der Waals surface area (Å²) in [5, 5.41) is 10.0. The van der Waals surface area contributed by atoms with Crippen molar-refractivity contribution < 1.29 is 14.6 Å². The van der Waals surface area contributed by atoms with Crippen LogP contribution >= 0.6 is 0 Å². The number of carbonyl (C=O) groups is 1. The molecule has 2 rings (SSSR count). The second kappa shape index (κ2) is 5.54. The summed E-state index contributed by atoms with van der Waals surface area (Å²) in [6.45, 7) is 4.51. The van der Waals surface area contributed by atoms with Crippen molar-refractivity contribution in [2.24, 2.45) is 12.8 Å². The molecule has 0 aliphatic rings. The Morgan fingerprint density at radius 2 is 2.20 bits per heavy atom. The standard InChI is InChI=1S/C15H20N2O3/c1-4-20-10-5-6-14-12(7-10)11(9(2)17(14)3)8-13(16)15(18)19/h5-7,13H,4,8,16H2,1-3H3,(H,18,19). The number of nitrogens with two attached hydrogens (primary N) is 1. The van der Waals surface area contributed by atoms with Crippen molar-refractivity contribution in [3.8, 4) is 5.75 Å². The molecule has 0 aliphatic heterocycles. The van der Waals surface area contributed by atoms with Gasteiger partial charge in [-0.3, -0.25) is 4.79 Å². The largest absolute Gasteiger partial charge is 0.494 e. The minimum Gasteiger partial charge on any atom is -0.494 e. The summed E-state index contributed by atoms with van der Waals surface area (Å²) < 4.78 is 7.56. The third-order valence-electron chi connectivity index (χ3n) is 3.65. The molecule has 0 spiro atoms. The number of aryl methyl sites for hydroxylation is 1. The Balaban J connectivity index is 2.53. The molecular formula is C15H20N2O3. The monoisotopic (exact) mass is 276 g/mol. The lowest BCUT2D eigenvalue weighted by Crippen LogP contribution is -2.32. The van der Waals surface area contributed by atoms with E-state index in [4.69, 9.17) is 15.6 Å². The highest BCUT2D eigenvalue weighted by Gasteiger charge is 2.19. The topological polar surface area (TPSA) is 77.5 Å². The number of hydrogen-bond acceptors (Lipinski definition) is 3. The summed E-state index contributed by atoms with van der Waals surface area (Å²) in [7, 11) is 1.97. The van der Waals surface area contributed by atoms with Crippen LogP contribution in [-0.2, 0) is 18.3 Å². The number of benzene rings is 1. The Hall–Kier alpha value is -2.01. The van der Waals surface area contributed by atoms with Crippen LogP contribution in [-0.4, -0.2) is 28.3 Å². The van der Waals surface area contributed by atoms with Crippen LogP contribution in [0, 0.1) is 6.92 Å². The van der Waals surface area contributed by atoms with Crippen LogP contribution in [0.4, 0.5) is 0 Å². The van der Waals surface area contributed by atoms with Gasteiger partial charge < -0.3 is 20.1 Å². The fourth-order valence-corrected chi connectivity index (χ4v) is 2.45. The van der Waals surface area contributed by atoms with E-state index in [2.05, 4.69) is 4.57 Å². The third kappa shape index (κ3) is 2.49. The van der Waals surface area contributed by atoms with E-state index in [-0.39, 0.29) is 0 Å². The Morgan fingerprint density at radius 3 is 2.80 bits per heavy atom. The Labute approximate surface area is 117 Å². The van der Waals surface area contributed by atoms with E-state index in [1.807, 2.05) is 39.1 Å². The van der Waals surface area contributed by atoms with Gasteiger partial charge in [-0.25, -0.2) is 0 Å². The summed E-state index contributed by atoms with van der Waals surface area (Å²) in [4.78, 5) is 11.0. The van der Waals surface area contributed by atoms with Crippen molar-refractivity contribution in [1.82, 2.24) is 4.57 Å². The fraction of sp³-hybridized carbons (Fsp3) is 0.400.